The molecule has 2 rings (SSSR count). The summed E-state index contributed by atoms with van der Waals surface area (Å²) in [6.07, 6.45) is -1.13. The fourth-order valence-electron chi connectivity index (χ4n) is 2.56. The van der Waals surface area contributed by atoms with Gasteiger partial charge >= 0.3 is 6.18 Å². The van der Waals surface area contributed by atoms with E-state index in [-0.39, 0.29) is 18.4 Å². The minimum Gasteiger partial charge on any atom is -0.494 e. The Labute approximate surface area is 184 Å². The van der Waals surface area contributed by atoms with Crippen molar-refractivity contribution in [1.29, 1.82) is 0 Å². The van der Waals surface area contributed by atoms with E-state index in [1.54, 1.807) is 24.3 Å². The van der Waals surface area contributed by atoms with Crippen molar-refractivity contribution in [3.63, 3.8) is 0 Å². The molecule has 7 nitrogen and oxygen atoms in total. The highest BCUT2D eigenvalue weighted by Crippen LogP contribution is 2.28. The number of alkyl halides is 3. The van der Waals surface area contributed by atoms with Gasteiger partial charge in [-0.15, -0.1) is 0 Å². The van der Waals surface area contributed by atoms with E-state index in [4.69, 9.17) is 4.74 Å². The van der Waals surface area contributed by atoms with Crippen molar-refractivity contribution >= 4 is 17.6 Å². The van der Waals surface area contributed by atoms with Crippen LogP contribution in [0.4, 0.5) is 19.0 Å². The number of benzene rings is 1. The van der Waals surface area contributed by atoms with Crippen LogP contribution in [0.2, 0.25) is 0 Å². The quantitative estimate of drug-likeness (QED) is 0.428. The van der Waals surface area contributed by atoms with Crippen molar-refractivity contribution in [3.05, 3.63) is 53.7 Å². The second-order valence-electron chi connectivity index (χ2n) is 6.97. The van der Waals surface area contributed by atoms with E-state index in [0.717, 1.165) is 25.1 Å². The average Bonchev–Trinajstić information content (AvgIpc) is 2.77. The van der Waals surface area contributed by atoms with Gasteiger partial charge in [0.1, 0.15) is 11.6 Å². The van der Waals surface area contributed by atoms with Crippen LogP contribution >= 0.6 is 0 Å². The molecular formula is C22H27F3N4O3. The maximum atomic E-state index is 12.5. The number of halogens is 3. The number of anilines is 1. The van der Waals surface area contributed by atoms with E-state index in [9.17, 15) is 22.8 Å². The van der Waals surface area contributed by atoms with Gasteiger partial charge in [0, 0.05) is 24.8 Å². The minimum absolute atomic E-state index is 0.165. The van der Waals surface area contributed by atoms with Crippen molar-refractivity contribution in [2.45, 2.75) is 32.4 Å². The lowest BCUT2D eigenvalue weighted by Gasteiger charge is -2.10. The average molecular weight is 452 g/mol. The predicted molar refractivity (Wildman–Crippen MR) is 115 cm³/mol. The third-order valence-corrected chi connectivity index (χ3v) is 4.37. The zero-order valence-electron chi connectivity index (χ0n) is 17.8. The number of ether oxygens (including phenoxy) is 1. The second kappa shape index (κ2) is 12.5. The van der Waals surface area contributed by atoms with Gasteiger partial charge in [-0.1, -0.05) is 13.3 Å². The summed E-state index contributed by atoms with van der Waals surface area (Å²) in [6.45, 7) is 3.29. The Morgan fingerprint density at radius 2 is 1.75 bits per heavy atom. The molecule has 0 radical (unpaired) electrons. The highest BCUT2D eigenvalue weighted by Gasteiger charge is 2.30. The first-order valence-corrected chi connectivity index (χ1v) is 10.3. The molecule has 0 saturated carbocycles. The first kappa shape index (κ1) is 25.0. The van der Waals surface area contributed by atoms with E-state index in [1.165, 1.54) is 6.07 Å². The number of hydrogen-bond donors (Lipinski definition) is 3. The van der Waals surface area contributed by atoms with Gasteiger partial charge in [-0.3, -0.25) is 9.59 Å². The van der Waals surface area contributed by atoms with Crippen LogP contribution < -0.4 is 20.7 Å². The summed E-state index contributed by atoms with van der Waals surface area (Å²) in [5.41, 5.74) is -0.387. The summed E-state index contributed by atoms with van der Waals surface area (Å²) < 4.78 is 43.0. The number of rotatable bonds is 12. The standard InChI is InChI=1S/C22H27F3N4O3/c1-2-3-13-32-18-8-5-16(6-9-18)21(31)29-15-20(30)27-12-4-11-26-19-10-7-17(14-28-19)22(23,24)25/h5-10,14H,2-4,11-13,15H2,1H3,(H,26,28)(H,27,30)(H,29,31). The summed E-state index contributed by atoms with van der Waals surface area (Å²) in [4.78, 5) is 27.7. The molecule has 0 aliphatic carbocycles. The number of carbonyl (C=O) groups excluding carboxylic acids is 2. The van der Waals surface area contributed by atoms with Gasteiger partial charge in [-0.2, -0.15) is 13.2 Å². The molecule has 10 heteroatoms. The molecule has 0 atom stereocenters. The predicted octanol–water partition coefficient (Wildman–Crippen LogP) is 3.63. The Bertz CT molecular complexity index is 856. The van der Waals surface area contributed by atoms with Gasteiger partial charge in [-0.05, 0) is 49.2 Å². The first-order valence-electron chi connectivity index (χ1n) is 10.3. The number of nitrogens with one attached hydrogen (secondary N) is 3. The normalized spacial score (nSPS) is 11.0. The molecule has 1 aromatic carbocycles. The van der Waals surface area contributed by atoms with Crippen LogP contribution in [0.15, 0.2) is 42.6 Å². The largest absolute Gasteiger partial charge is 0.494 e. The van der Waals surface area contributed by atoms with Crippen LogP contribution in [0.3, 0.4) is 0 Å². The molecule has 0 bridgehead atoms. The number of hydrogen-bond acceptors (Lipinski definition) is 5. The van der Waals surface area contributed by atoms with Crippen molar-refractivity contribution in [2.24, 2.45) is 0 Å². The van der Waals surface area contributed by atoms with Gasteiger partial charge in [0.15, 0.2) is 0 Å². The topological polar surface area (TPSA) is 92.3 Å². The van der Waals surface area contributed by atoms with E-state index in [0.29, 0.717) is 43.2 Å². The third-order valence-electron chi connectivity index (χ3n) is 4.37. The maximum absolute atomic E-state index is 12.5. The lowest BCUT2D eigenvalue weighted by atomic mass is 10.2. The molecule has 0 fully saturated rings. The number of pyridine rings is 1. The van der Waals surface area contributed by atoms with Crippen LogP contribution in [0.25, 0.3) is 0 Å². The van der Waals surface area contributed by atoms with E-state index in [2.05, 4.69) is 27.9 Å². The molecule has 0 unspecified atom stereocenters. The lowest BCUT2D eigenvalue weighted by molar-refractivity contribution is -0.137. The van der Waals surface area contributed by atoms with Crippen LogP contribution in [0, 0.1) is 0 Å². The zero-order chi connectivity index (χ0) is 23.4. The Morgan fingerprint density at radius 1 is 1.00 bits per heavy atom. The summed E-state index contributed by atoms with van der Waals surface area (Å²) in [5, 5.41) is 8.08. The van der Waals surface area contributed by atoms with Gasteiger partial charge in [0.25, 0.3) is 5.91 Å². The van der Waals surface area contributed by atoms with Gasteiger partial charge in [-0.25, -0.2) is 4.98 Å². The number of unbranched alkanes of at least 4 members (excludes halogenated alkanes) is 1. The Hall–Kier alpha value is -3.30. The molecular weight excluding hydrogens is 425 g/mol. The van der Waals surface area contributed by atoms with Gasteiger partial charge in [0.05, 0.1) is 18.7 Å². The molecule has 1 heterocycles. The van der Waals surface area contributed by atoms with E-state index < -0.39 is 11.7 Å². The molecule has 0 aliphatic rings. The van der Waals surface area contributed by atoms with Crippen LogP contribution in [0.5, 0.6) is 5.75 Å². The molecule has 174 valence electrons. The zero-order valence-corrected chi connectivity index (χ0v) is 17.8. The number of carbonyl (C=O) groups is 2. The van der Waals surface area contributed by atoms with Crippen molar-refractivity contribution in [2.75, 3.05) is 31.6 Å². The summed E-state index contributed by atoms with van der Waals surface area (Å²) >= 11 is 0. The molecule has 32 heavy (non-hydrogen) atoms. The molecule has 3 N–H and O–H groups in total. The van der Waals surface area contributed by atoms with Crippen LogP contribution in [-0.2, 0) is 11.0 Å². The molecule has 2 amide bonds. The highest BCUT2D eigenvalue weighted by molar-refractivity contribution is 5.96. The Kier molecular flexibility index (Phi) is 9.77. The molecule has 1 aromatic heterocycles. The molecule has 0 saturated heterocycles. The smallest absolute Gasteiger partial charge is 0.417 e. The van der Waals surface area contributed by atoms with Crippen molar-refractivity contribution in [1.82, 2.24) is 15.6 Å². The minimum atomic E-state index is -4.42. The summed E-state index contributed by atoms with van der Waals surface area (Å²) in [7, 11) is 0. The summed E-state index contributed by atoms with van der Waals surface area (Å²) in [5.74, 6) is 0.298. The maximum Gasteiger partial charge on any atom is 0.417 e. The van der Waals surface area contributed by atoms with E-state index in [1.807, 2.05) is 0 Å². The number of aromatic nitrogens is 1. The Balaban J connectivity index is 1.60. The monoisotopic (exact) mass is 452 g/mol. The van der Waals surface area contributed by atoms with Gasteiger partial charge in [0.2, 0.25) is 5.91 Å². The van der Waals surface area contributed by atoms with Crippen molar-refractivity contribution < 1.29 is 27.5 Å². The Morgan fingerprint density at radius 3 is 2.38 bits per heavy atom. The highest BCUT2D eigenvalue weighted by atomic mass is 19.4. The molecule has 0 aliphatic heterocycles. The SMILES string of the molecule is CCCCOc1ccc(C(=O)NCC(=O)NCCCNc2ccc(C(F)(F)F)cn2)cc1. The number of amides is 2. The fourth-order valence-corrected chi connectivity index (χ4v) is 2.56. The lowest BCUT2D eigenvalue weighted by Crippen LogP contribution is -2.37. The fraction of sp³-hybridized carbons (Fsp3) is 0.409. The summed E-state index contributed by atoms with van der Waals surface area (Å²) in [6, 6.07) is 8.89. The van der Waals surface area contributed by atoms with Gasteiger partial charge < -0.3 is 20.7 Å². The van der Waals surface area contributed by atoms with E-state index >= 15 is 0 Å². The molecule has 0 spiro atoms. The first-order chi connectivity index (χ1) is 15.3. The van der Waals surface area contributed by atoms with Crippen LogP contribution in [0.1, 0.15) is 42.1 Å². The molecule has 2 aromatic rings. The second-order valence-corrected chi connectivity index (χ2v) is 6.97. The van der Waals surface area contributed by atoms with Crippen LogP contribution in [-0.4, -0.2) is 43.0 Å². The van der Waals surface area contributed by atoms with Crippen molar-refractivity contribution in [3.8, 4) is 5.75 Å². The number of nitrogens with zero attached hydrogens (tertiary/aromatic N) is 1. The third kappa shape index (κ3) is 8.83.